The number of rotatable bonds is 6. The van der Waals surface area contributed by atoms with E-state index in [1.807, 2.05) is 24.3 Å². The number of nitrogens with one attached hydrogen (secondary N) is 1. The van der Waals surface area contributed by atoms with Gasteiger partial charge in [-0.15, -0.1) is 0 Å². The van der Waals surface area contributed by atoms with Crippen LogP contribution in [0.15, 0.2) is 58.2 Å². The molecule has 0 spiro atoms. The summed E-state index contributed by atoms with van der Waals surface area (Å²) >= 11 is 1.10. The quantitative estimate of drug-likeness (QED) is 0.527. The molecule has 0 aliphatic heterocycles. The van der Waals surface area contributed by atoms with Gasteiger partial charge in [0.25, 0.3) is 11.1 Å². The summed E-state index contributed by atoms with van der Waals surface area (Å²) in [4.78, 5) is 27.8. The average molecular weight is 367 g/mol. The zero-order valence-electron chi connectivity index (χ0n) is 13.5. The highest BCUT2D eigenvalue weighted by Gasteiger charge is 2.12. The maximum absolute atomic E-state index is 11.8. The second-order valence-electron chi connectivity index (χ2n) is 5.13. The first-order valence-corrected chi connectivity index (χ1v) is 8.56. The van der Waals surface area contributed by atoms with E-state index in [0.717, 1.165) is 11.8 Å². The SMILES string of the molecule is N#Cc1ccc(NC(=O)COC(=O)CSc2nc3ccccc3o2)cc1. The van der Waals surface area contributed by atoms with E-state index in [9.17, 15) is 9.59 Å². The smallest absolute Gasteiger partial charge is 0.316 e. The van der Waals surface area contributed by atoms with Crippen LogP contribution in [0, 0.1) is 11.3 Å². The summed E-state index contributed by atoms with van der Waals surface area (Å²) in [5.74, 6) is -1.03. The number of anilines is 1. The van der Waals surface area contributed by atoms with Crippen molar-refractivity contribution in [2.75, 3.05) is 17.7 Å². The van der Waals surface area contributed by atoms with E-state index in [0.29, 0.717) is 27.6 Å². The predicted molar refractivity (Wildman–Crippen MR) is 95.5 cm³/mol. The lowest BCUT2D eigenvalue weighted by Crippen LogP contribution is -2.21. The number of hydrogen-bond acceptors (Lipinski definition) is 7. The van der Waals surface area contributed by atoms with Crippen molar-refractivity contribution in [2.24, 2.45) is 0 Å². The van der Waals surface area contributed by atoms with Crippen molar-refractivity contribution in [1.29, 1.82) is 5.26 Å². The number of amides is 1. The van der Waals surface area contributed by atoms with Crippen molar-refractivity contribution >= 4 is 40.4 Å². The molecule has 26 heavy (non-hydrogen) atoms. The van der Waals surface area contributed by atoms with E-state index < -0.39 is 18.5 Å². The van der Waals surface area contributed by atoms with Gasteiger partial charge in [0.05, 0.1) is 11.6 Å². The van der Waals surface area contributed by atoms with Crippen molar-refractivity contribution in [3.63, 3.8) is 0 Å². The number of carbonyl (C=O) groups is 2. The van der Waals surface area contributed by atoms with Crippen LogP contribution in [0.1, 0.15) is 5.56 Å². The Morgan fingerprint density at radius 1 is 1.19 bits per heavy atom. The summed E-state index contributed by atoms with van der Waals surface area (Å²) in [5.41, 5.74) is 2.37. The number of nitriles is 1. The molecule has 0 radical (unpaired) electrons. The fourth-order valence-corrected chi connectivity index (χ4v) is 2.68. The van der Waals surface area contributed by atoms with Gasteiger partial charge in [0, 0.05) is 5.69 Å². The Balaban J connectivity index is 1.43. The predicted octanol–water partition coefficient (Wildman–Crippen LogP) is 2.97. The third-order valence-corrected chi connectivity index (χ3v) is 4.05. The number of fused-ring (bicyclic) bond motifs is 1. The van der Waals surface area contributed by atoms with Crippen molar-refractivity contribution in [1.82, 2.24) is 4.98 Å². The fraction of sp³-hybridized carbons (Fsp3) is 0.111. The van der Waals surface area contributed by atoms with Gasteiger partial charge in [-0.3, -0.25) is 9.59 Å². The van der Waals surface area contributed by atoms with Gasteiger partial charge in [-0.2, -0.15) is 5.26 Å². The van der Waals surface area contributed by atoms with E-state index in [-0.39, 0.29) is 5.75 Å². The first-order chi connectivity index (χ1) is 12.6. The molecule has 1 heterocycles. The lowest BCUT2D eigenvalue weighted by molar-refractivity contribution is -0.144. The van der Waals surface area contributed by atoms with E-state index in [2.05, 4.69) is 10.3 Å². The van der Waals surface area contributed by atoms with Gasteiger partial charge in [0.15, 0.2) is 12.2 Å². The van der Waals surface area contributed by atoms with E-state index in [4.69, 9.17) is 14.4 Å². The zero-order chi connectivity index (χ0) is 18.4. The molecule has 0 atom stereocenters. The third kappa shape index (κ3) is 4.62. The van der Waals surface area contributed by atoms with Crippen LogP contribution >= 0.6 is 11.8 Å². The maximum atomic E-state index is 11.8. The monoisotopic (exact) mass is 367 g/mol. The van der Waals surface area contributed by atoms with Crippen LogP contribution in [0.2, 0.25) is 0 Å². The van der Waals surface area contributed by atoms with E-state index >= 15 is 0 Å². The Bertz CT molecular complexity index is 943. The molecule has 0 unspecified atom stereocenters. The summed E-state index contributed by atoms with van der Waals surface area (Å²) in [7, 11) is 0. The highest BCUT2D eigenvalue weighted by Crippen LogP contribution is 2.23. The molecule has 0 saturated heterocycles. The Morgan fingerprint density at radius 2 is 1.96 bits per heavy atom. The van der Waals surface area contributed by atoms with Crippen molar-refractivity contribution < 1.29 is 18.7 Å². The number of esters is 1. The van der Waals surface area contributed by atoms with E-state index in [1.54, 1.807) is 30.3 Å². The molecular weight excluding hydrogens is 354 g/mol. The van der Waals surface area contributed by atoms with Crippen molar-refractivity contribution in [3.05, 3.63) is 54.1 Å². The summed E-state index contributed by atoms with van der Waals surface area (Å²) in [6.45, 7) is -0.396. The largest absolute Gasteiger partial charge is 0.455 e. The normalized spacial score (nSPS) is 10.3. The van der Waals surface area contributed by atoms with Crippen LogP contribution in [0.25, 0.3) is 11.1 Å². The number of ether oxygens (including phenoxy) is 1. The standard InChI is InChI=1S/C18H13N3O4S/c19-9-12-5-7-13(8-6-12)20-16(22)10-24-17(23)11-26-18-21-14-3-1-2-4-15(14)25-18/h1-8H,10-11H2,(H,20,22). The molecule has 0 bridgehead atoms. The molecule has 3 aromatic rings. The van der Waals surface area contributed by atoms with Crippen molar-refractivity contribution in [2.45, 2.75) is 5.22 Å². The molecule has 1 aromatic heterocycles. The number of nitrogens with zero attached hydrogens (tertiary/aromatic N) is 2. The second-order valence-corrected chi connectivity index (χ2v) is 6.06. The zero-order valence-corrected chi connectivity index (χ0v) is 14.3. The molecule has 130 valence electrons. The summed E-state index contributed by atoms with van der Waals surface area (Å²) in [6, 6.07) is 15.6. The molecule has 8 heteroatoms. The number of carbonyl (C=O) groups excluding carboxylic acids is 2. The summed E-state index contributed by atoms with van der Waals surface area (Å²) in [5, 5.41) is 11.7. The lowest BCUT2D eigenvalue weighted by atomic mass is 10.2. The number of benzene rings is 2. The molecule has 1 N–H and O–H groups in total. The number of thioether (sulfide) groups is 1. The first-order valence-electron chi connectivity index (χ1n) is 7.58. The minimum absolute atomic E-state index is 0.0169. The van der Waals surface area contributed by atoms with Gasteiger partial charge in [-0.25, -0.2) is 4.98 Å². The van der Waals surface area contributed by atoms with Crippen LogP contribution in [-0.4, -0.2) is 29.2 Å². The molecule has 0 saturated carbocycles. The van der Waals surface area contributed by atoms with Crippen molar-refractivity contribution in [3.8, 4) is 6.07 Å². The fourth-order valence-electron chi connectivity index (χ4n) is 2.05. The molecule has 7 nitrogen and oxygen atoms in total. The number of hydrogen-bond donors (Lipinski definition) is 1. The molecule has 0 aliphatic rings. The number of aromatic nitrogens is 1. The lowest BCUT2D eigenvalue weighted by Gasteiger charge is -2.06. The molecule has 2 aromatic carbocycles. The Morgan fingerprint density at radius 3 is 2.69 bits per heavy atom. The number of para-hydroxylation sites is 2. The topological polar surface area (TPSA) is 105 Å². The van der Waals surface area contributed by atoms with Crippen LogP contribution in [0.4, 0.5) is 5.69 Å². The summed E-state index contributed by atoms with van der Waals surface area (Å²) in [6.07, 6.45) is 0. The third-order valence-electron chi connectivity index (χ3n) is 3.25. The molecule has 3 rings (SSSR count). The highest BCUT2D eigenvalue weighted by molar-refractivity contribution is 7.99. The molecule has 0 aliphatic carbocycles. The number of oxazole rings is 1. The minimum Gasteiger partial charge on any atom is -0.455 e. The first kappa shape index (κ1) is 17.5. The van der Waals surface area contributed by atoms with E-state index in [1.165, 1.54) is 0 Å². The maximum Gasteiger partial charge on any atom is 0.316 e. The molecule has 1 amide bonds. The minimum atomic E-state index is -0.549. The molecular formula is C18H13N3O4S. The van der Waals surface area contributed by atoms with Gasteiger partial charge >= 0.3 is 5.97 Å². The Labute approximate surface area is 153 Å². The summed E-state index contributed by atoms with van der Waals surface area (Å²) < 4.78 is 10.4. The van der Waals surface area contributed by atoms with Gasteiger partial charge < -0.3 is 14.5 Å². The van der Waals surface area contributed by atoms with Gasteiger partial charge in [0.2, 0.25) is 0 Å². The van der Waals surface area contributed by atoms with Gasteiger partial charge in [-0.1, -0.05) is 23.9 Å². The van der Waals surface area contributed by atoms with Crippen LogP contribution < -0.4 is 5.32 Å². The molecule has 0 fully saturated rings. The average Bonchev–Trinajstić information content (AvgIpc) is 3.08. The van der Waals surface area contributed by atoms with Gasteiger partial charge in [-0.05, 0) is 36.4 Å². The van der Waals surface area contributed by atoms with Gasteiger partial charge in [0.1, 0.15) is 11.3 Å². The van der Waals surface area contributed by atoms with Crippen LogP contribution in [0.5, 0.6) is 0 Å². The van der Waals surface area contributed by atoms with Crippen LogP contribution in [0.3, 0.4) is 0 Å². The van der Waals surface area contributed by atoms with Crippen LogP contribution in [-0.2, 0) is 14.3 Å². The second kappa shape index (κ2) is 8.18. The Kier molecular flexibility index (Phi) is 5.51. The highest BCUT2D eigenvalue weighted by atomic mass is 32.2. The Hall–Kier alpha value is -3.31.